The predicted octanol–water partition coefficient (Wildman–Crippen LogP) is 6.89. The number of nitrogens with one attached hydrogen (secondary N) is 3. The smallest absolute Gasteiger partial charge is 0.272 e. The first kappa shape index (κ1) is 31.2. The van der Waals surface area contributed by atoms with Gasteiger partial charge in [0.25, 0.3) is 11.8 Å². The van der Waals surface area contributed by atoms with Crippen LogP contribution in [0.4, 0.5) is 11.4 Å². The lowest BCUT2D eigenvalue weighted by Crippen LogP contribution is -2.30. The van der Waals surface area contributed by atoms with Crippen LogP contribution in [-0.2, 0) is 9.59 Å². The molecule has 0 aromatic heterocycles. The van der Waals surface area contributed by atoms with Gasteiger partial charge in [-0.3, -0.25) is 14.4 Å². The Kier molecular flexibility index (Phi) is 10.5. The maximum atomic E-state index is 13.5. The van der Waals surface area contributed by atoms with Crippen LogP contribution in [0.1, 0.15) is 28.4 Å². The van der Waals surface area contributed by atoms with Gasteiger partial charge in [0, 0.05) is 38.5 Å². The highest BCUT2D eigenvalue weighted by Crippen LogP contribution is 2.29. The molecule has 0 aliphatic carbocycles. The van der Waals surface area contributed by atoms with Crippen LogP contribution in [0.3, 0.4) is 0 Å². The summed E-state index contributed by atoms with van der Waals surface area (Å²) in [5.41, 5.74) is 2.79. The van der Waals surface area contributed by atoms with Crippen LogP contribution in [-0.4, -0.2) is 35.2 Å². The van der Waals surface area contributed by atoms with Crippen LogP contribution in [0.2, 0.25) is 5.02 Å². The summed E-state index contributed by atoms with van der Waals surface area (Å²) >= 11 is 7.50. The third kappa shape index (κ3) is 8.64. The number of benzene rings is 4. The molecular weight excluding hydrogens is 586 g/mol. The van der Waals surface area contributed by atoms with E-state index in [4.69, 9.17) is 16.3 Å². The molecule has 0 fully saturated rings. The third-order valence-corrected chi connectivity index (χ3v) is 7.76. The molecule has 4 N–H and O–H groups in total. The fourth-order valence-electron chi connectivity index (χ4n) is 3.93. The van der Waals surface area contributed by atoms with E-state index in [0.29, 0.717) is 33.3 Å². The average Bonchev–Trinajstić information content (AvgIpc) is 2.99. The van der Waals surface area contributed by atoms with E-state index in [2.05, 4.69) is 16.0 Å². The number of methoxy groups -OCH3 is 1. The largest absolute Gasteiger partial charge is 0.508 e. The number of hydrogen-bond donors (Lipinski definition) is 4. The number of rotatable bonds is 10. The molecule has 43 heavy (non-hydrogen) atoms. The predicted molar refractivity (Wildman–Crippen MR) is 172 cm³/mol. The summed E-state index contributed by atoms with van der Waals surface area (Å²) in [6.07, 6.45) is 1.47. The second kappa shape index (κ2) is 14.4. The Morgan fingerprint density at radius 1 is 0.907 bits per heavy atom. The summed E-state index contributed by atoms with van der Waals surface area (Å²) in [7, 11) is 1.44. The van der Waals surface area contributed by atoms with Crippen molar-refractivity contribution < 1.29 is 24.2 Å². The molecule has 1 unspecified atom stereocenters. The monoisotopic (exact) mass is 615 g/mol. The molecule has 1 atom stereocenters. The number of phenols is 1. The van der Waals surface area contributed by atoms with Crippen LogP contribution in [0.25, 0.3) is 6.08 Å². The topological polar surface area (TPSA) is 117 Å². The van der Waals surface area contributed by atoms with Gasteiger partial charge in [-0.05, 0) is 80.1 Å². The first-order chi connectivity index (χ1) is 20.6. The lowest BCUT2D eigenvalue weighted by Gasteiger charge is -2.15. The molecule has 0 spiro atoms. The number of amides is 3. The minimum absolute atomic E-state index is 0.00629. The molecule has 0 aliphatic heterocycles. The zero-order chi connectivity index (χ0) is 30.9. The number of thioether (sulfide) groups is 1. The molecule has 8 nitrogen and oxygen atoms in total. The Bertz CT molecular complexity index is 1680. The summed E-state index contributed by atoms with van der Waals surface area (Å²) in [6, 6.07) is 25.3. The van der Waals surface area contributed by atoms with Crippen LogP contribution in [0.15, 0.2) is 102 Å². The van der Waals surface area contributed by atoms with Gasteiger partial charge in [-0.2, -0.15) is 0 Å². The Morgan fingerprint density at radius 2 is 1.65 bits per heavy atom. The first-order valence-corrected chi connectivity index (χ1v) is 14.5. The highest BCUT2D eigenvalue weighted by Gasteiger charge is 2.18. The maximum Gasteiger partial charge on any atom is 0.272 e. The number of carbonyl (C=O) groups is 3. The van der Waals surface area contributed by atoms with Crippen LogP contribution in [0.5, 0.6) is 11.5 Å². The van der Waals surface area contributed by atoms with E-state index in [9.17, 15) is 19.5 Å². The molecule has 0 bridgehead atoms. The molecule has 220 valence electrons. The van der Waals surface area contributed by atoms with E-state index in [1.807, 2.05) is 19.1 Å². The van der Waals surface area contributed by atoms with Crippen molar-refractivity contribution in [2.75, 3.05) is 17.7 Å². The van der Waals surface area contributed by atoms with Gasteiger partial charge in [0.15, 0.2) is 0 Å². The number of ether oxygens (including phenoxy) is 1. The highest BCUT2D eigenvalue weighted by atomic mass is 35.5. The SMILES string of the molecule is COc1cc(O)ccc1/C=C(/NC(=O)c1ccccc1)C(=O)Nc1cccc(SC(C)C(=O)Nc2ccc(C)c(Cl)c2)c1. The van der Waals surface area contributed by atoms with E-state index in [0.717, 1.165) is 10.5 Å². The van der Waals surface area contributed by atoms with Gasteiger partial charge < -0.3 is 25.8 Å². The first-order valence-electron chi connectivity index (χ1n) is 13.2. The number of anilines is 2. The summed E-state index contributed by atoms with van der Waals surface area (Å²) < 4.78 is 5.34. The number of halogens is 1. The number of aromatic hydroxyl groups is 1. The normalized spacial score (nSPS) is 11.8. The summed E-state index contributed by atoms with van der Waals surface area (Å²) in [6.45, 7) is 3.67. The van der Waals surface area contributed by atoms with Gasteiger partial charge >= 0.3 is 0 Å². The van der Waals surface area contributed by atoms with Crippen LogP contribution < -0.4 is 20.7 Å². The average molecular weight is 616 g/mol. The van der Waals surface area contributed by atoms with E-state index >= 15 is 0 Å². The van der Waals surface area contributed by atoms with Crippen molar-refractivity contribution >= 4 is 58.5 Å². The van der Waals surface area contributed by atoms with Crippen molar-refractivity contribution in [3.63, 3.8) is 0 Å². The Morgan fingerprint density at radius 3 is 2.37 bits per heavy atom. The van der Waals surface area contributed by atoms with Gasteiger partial charge in [0.2, 0.25) is 5.91 Å². The van der Waals surface area contributed by atoms with Crippen molar-refractivity contribution in [1.29, 1.82) is 0 Å². The summed E-state index contributed by atoms with van der Waals surface area (Å²) in [5.74, 6) is -0.940. The van der Waals surface area contributed by atoms with E-state index < -0.39 is 17.1 Å². The molecule has 0 radical (unpaired) electrons. The van der Waals surface area contributed by atoms with Gasteiger partial charge in [-0.1, -0.05) is 41.9 Å². The summed E-state index contributed by atoms with van der Waals surface area (Å²) in [5, 5.41) is 18.3. The van der Waals surface area contributed by atoms with Gasteiger partial charge in [-0.25, -0.2) is 0 Å². The highest BCUT2D eigenvalue weighted by molar-refractivity contribution is 8.00. The minimum Gasteiger partial charge on any atom is -0.508 e. The van der Waals surface area contributed by atoms with Gasteiger partial charge in [0.1, 0.15) is 17.2 Å². The van der Waals surface area contributed by atoms with Crippen molar-refractivity contribution in [2.45, 2.75) is 24.0 Å². The molecule has 3 amide bonds. The molecule has 10 heteroatoms. The molecular formula is C33H30ClN3O5S. The fraction of sp³-hybridized carbons (Fsp3) is 0.121. The third-order valence-electron chi connectivity index (χ3n) is 6.26. The van der Waals surface area contributed by atoms with Crippen molar-refractivity contribution in [3.05, 3.63) is 118 Å². The van der Waals surface area contributed by atoms with Gasteiger partial charge in [0.05, 0.1) is 12.4 Å². The van der Waals surface area contributed by atoms with Gasteiger partial charge in [-0.15, -0.1) is 11.8 Å². The lowest BCUT2D eigenvalue weighted by molar-refractivity contribution is -0.115. The fourth-order valence-corrected chi connectivity index (χ4v) is 5.04. The molecule has 0 aliphatic rings. The lowest BCUT2D eigenvalue weighted by atomic mass is 10.1. The van der Waals surface area contributed by atoms with Crippen LogP contribution >= 0.6 is 23.4 Å². The summed E-state index contributed by atoms with van der Waals surface area (Å²) in [4.78, 5) is 40.0. The Hall–Kier alpha value is -4.73. The Labute approximate surface area is 259 Å². The Balaban J connectivity index is 1.51. The zero-order valence-corrected chi connectivity index (χ0v) is 25.3. The molecule has 4 aromatic rings. The van der Waals surface area contributed by atoms with E-state index in [1.54, 1.807) is 73.7 Å². The van der Waals surface area contributed by atoms with Crippen molar-refractivity contribution in [3.8, 4) is 11.5 Å². The van der Waals surface area contributed by atoms with E-state index in [-0.39, 0.29) is 17.4 Å². The molecule has 4 aromatic carbocycles. The molecule has 0 heterocycles. The quantitative estimate of drug-likeness (QED) is 0.114. The molecule has 0 saturated carbocycles. The minimum atomic E-state index is -0.580. The number of phenolic OH excluding ortho intramolecular Hbond substituents is 1. The maximum absolute atomic E-state index is 13.5. The zero-order valence-electron chi connectivity index (χ0n) is 23.7. The van der Waals surface area contributed by atoms with E-state index in [1.165, 1.54) is 37.1 Å². The second-order valence-electron chi connectivity index (χ2n) is 9.50. The molecule has 4 rings (SSSR count). The number of hydrogen-bond acceptors (Lipinski definition) is 6. The van der Waals surface area contributed by atoms with Crippen molar-refractivity contribution in [2.24, 2.45) is 0 Å². The standard InChI is InChI=1S/C33H30ClN3O5S/c1-20-12-14-25(18-28(20)34)35-31(39)21(2)43-27-11-7-10-24(17-27)36-33(41)29(37-32(40)22-8-5-4-6-9-22)16-23-13-15-26(38)19-30(23)42-3/h4-19,21,38H,1-3H3,(H,35,39)(H,36,41)(H,37,40)/b29-16+. The second-order valence-corrected chi connectivity index (χ2v) is 11.3. The number of carbonyl (C=O) groups excluding carboxylic acids is 3. The van der Waals surface area contributed by atoms with Crippen molar-refractivity contribution in [1.82, 2.24) is 5.32 Å². The molecule has 0 saturated heterocycles. The van der Waals surface area contributed by atoms with Crippen LogP contribution in [0, 0.1) is 6.92 Å². The number of aryl methyl sites for hydroxylation is 1.